The molecule has 300 valence electrons. The van der Waals surface area contributed by atoms with Gasteiger partial charge >= 0.3 is 0 Å². The molecule has 54 heavy (non-hydrogen) atoms. The molecule has 2 saturated heterocycles. The van der Waals surface area contributed by atoms with Gasteiger partial charge in [-0.25, -0.2) is 17.6 Å². The van der Waals surface area contributed by atoms with Gasteiger partial charge in [-0.3, -0.25) is 9.59 Å². The lowest BCUT2D eigenvalue weighted by atomic mass is 9.76. The number of halogens is 4. The van der Waals surface area contributed by atoms with Crippen molar-refractivity contribution in [1.82, 2.24) is 10.6 Å². The van der Waals surface area contributed by atoms with E-state index >= 15 is 0 Å². The van der Waals surface area contributed by atoms with Gasteiger partial charge in [0.05, 0.1) is 0 Å². The summed E-state index contributed by atoms with van der Waals surface area (Å²) in [5, 5.41) is 6.79. The van der Waals surface area contributed by atoms with Crippen molar-refractivity contribution >= 4 is 11.8 Å². The highest BCUT2D eigenvalue weighted by molar-refractivity contribution is 5.85. The van der Waals surface area contributed by atoms with Crippen LogP contribution in [0, 0.1) is 49.0 Å². The van der Waals surface area contributed by atoms with E-state index in [4.69, 9.17) is 20.9 Å². The van der Waals surface area contributed by atoms with Gasteiger partial charge in [0.15, 0.2) is 0 Å². The third-order valence-electron chi connectivity index (χ3n) is 12.8. The quantitative estimate of drug-likeness (QED) is 0.171. The van der Waals surface area contributed by atoms with Crippen molar-refractivity contribution in [2.45, 2.75) is 127 Å². The highest BCUT2D eigenvalue weighted by Gasteiger charge is 2.39. The molecular weight excluding hydrogens is 700 g/mol. The summed E-state index contributed by atoms with van der Waals surface area (Å²) >= 11 is 0. The Labute approximate surface area is 317 Å². The summed E-state index contributed by atoms with van der Waals surface area (Å²) < 4.78 is 65.8. The molecule has 0 unspecified atom stereocenters. The topological polar surface area (TPSA) is 129 Å². The third kappa shape index (κ3) is 10.6. The lowest BCUT2D eigenvalue weighted by molar-refractivity contribution is -0.129. The molecule has 2 aliphatic heterocycles. The van der Waals surface area contributed by atoms with Crippen LogP contribution in [0.15, 0.2) is 24.3 Å². The fraction of sp³-hybridized carbons (Fsp3) is 0.667. The van der Waals surface area contributed by atoms with Crippen LogP contribution in [0.1, 0.15) is 124 Å². The molecule has 0 atom stereocenters. The molecule has 2 amide bonds. The first kappa shape index (κ1) is 42.1. The van der Waals surface area contributed by atoms with Crippen LogP contribution in [-0.4, -0.2) is 62.4 Å². The van der Waals surface area contributed by atoms with E-state index in [2.05, 4.69) is 10.6 Å². The largest absolute Gasteiger partial charge is 0.381 e. The molecule has 0 spiro atoms. The minimum Gasteiger partial charge on any atom is -0.381 e. The monoisotopic (exact) mass is 760 g/mol. The number of nitrogens with one attached hydrogen (secondary N) is 2. The molecule has 2 aromatic rings. The van der Waals surface area contributed by atoms with Crippen molar-refractivity contribution in [2.24, 2.45) is 23.3 Å². The fourth-order valence-electron chi connectivity index (χ4n) is 9.43. The first-order chi connectivity index (χ1) is 25.8. The Hall–Kier alpha value is -3.06. The van der Waals surface area contributed by atoms with Gasteiger partial charge in [-0.2, -0.15) is 0 Å². The molecule has 2 saturated carbocycles. The standard InChI is InChI=1S/2C21H30F2N2O2/c2*1-14-12-17(22)13-18(23)19(14)16-4-2-15(3-5-16)6-9-25-21(20(24)26)7-10-27-11-8-21/h2*12-13,15-16,25H,2-11H2,1H3,(H2,24,26). The molecule has 0 radical (unpaired) electrons. The summed E-state index contributed by atoms with van der Waals surface area (Å²) in [5.74, 6) is -0.987. The maximum Gasteiger partial charge on any atom is 0.237 e. The number of benzene rings is 2. The Balaban J connectivity index is 0.000000208. The fourth-order valence-corrected chi connectivity index (χ4v) is 9.43. The van der Waals surface area contributed by atoms with Crippen molar-refractivity contribution < 1.29 is 36.6 Å². The Morgan fingerprint density at radius 2 is 0.944 bits per heavy atom. The van der Waals surface area contributed by atoms with Crippen molar-refractivity contribution in [2.75, 3.05) is 39.5 Å². The van der Waals surface area contributed by atoms with Gasteiger partial charge in [-0.1, -0.05) is 0 Å². The molecule has 0 aromatic heterocycles. The molecule has 2 heterocycles. The minimum absolute atomic E-state index is 0.169. The molecule has 0 bridgehead atoms. The van der Waals surface area contributed by atoms with E-state index < -0.39 is 34.3 Å². The molecule has 8 nitrogen and oxygen atoms in total. The van der Waals surface area contributed by atoms with E-state index in [9.17, 15) is 27.2 Å². The zero-order valence-electron chi connectivity index (χ0n) is 32.1. The third-order valence-corrected chi connectivity index (χ3v) is 12.8. The molecule has 4 fully saturated rings. The highest BCUT2D eigenvalue weighted by atomic mass is 19.1. The van der Waals surface area contributed by atoms with Gasteiger partial charge in [0, 0.05) is 38.6 Å². The van der Waals surface area contributed by atoms with Crippen LogP contribution in [0.2, 0.25) is 0 Å². The van der Waals surface area contributed by atoms with E-state index in [-0.39, 0.29) is 23.7 Å². The van der Waals surface area contributed by atoms with E-state index in [0.29, 0.717) is 86.2 Å². The second-order valence-electron chi connectivity index (χ2n) is 16.2. The first-order valence-electron chi connectivity index (χ1n) is 20.0. The van der Waals surface area contributed by atoms with Gasteiger partial charge in [-0.15, -0.1) is 0 Å². The maximum absolute atomic E-state index is 14.2. The average Bonchev–Trinajstić information content (AvgIpc) is 3.13. The first-order valence-corrected chi connectivity index (χ1v) is 20.0. The van der Waals surface area contributed by atoms with Gasteiger partial charge < -0.3 is 31.6 Å². The van der Waals surface area contributed by atoms with E-state index in [1.54, 1.807) is 13.8 Å². The number of primary amides is 2. The van der Waals surface area contributed by atoms with Crippen LogP contribution in [0.5, 0.6) is 0 Å². The smallest absolute Gasteiger partial charge is 0.237 e. The molecule has 2 aliphatic carbocycles. The number of amides is 2. The summed E-state index contributed by atoms with van der Waals surface area (Å²) in [7, 11) is 0. The number of ether oxygens (including phenoxy) is 2. The van der Waals surface area contributed by atoms with Gasteiger partial charge in [0.25, 0.3) is 0 Å². The average molecular weight is 761 g/mol. The minimum atomic E-state index is -0.635. The molecular formula is C42H60F4N4O4. The number of rotatable bonds is 12. The Bertz CT molecular complexity index is 1400. The SMILES string of the molecule is Cc1cc(F)cc(F)c1C1CCC(CCNC2(C(N)=O)CCOCC2)CC1.Cc1cc(F)cc(F)c1C1CCC(CCNC2(C(N)=O)CCOCC2)CC1. The zero-order chi connectivity index (χ0) is 38.9. The lowest BCUT2D eigenvalue weighted by Crippen LogP contribution is -2.58. The summed E-state index contributed by atoms with van der Waals surface area (Å²) in [6.07, 6.45) is 12.2. The second kappa shape index (κ2) is 19.2. The second-order valence-corrected chi connectivity index (χ2v) is 16.2. The van der Waals surface area contributed by atoms with Crippen molar-refractivity contribution in [3.8, 4) is 0 Å². The van der Waals surface area contributed by atoms with E-state index in [1.807, 2.05) is 0 Å². The van der Waals surface area contributed by atoms with Crippen LogP contribution >= 0.6 is 0 Å². The zero-order valence-corrected chi connectivity index (χ0v) is 32.1. The molecule has 2 aromatic carbocycles. The van der Waals surface area contributed by atoms with Gasteiger partial charge in [0.2, 0.25) is 11.8 Å². The van der Waals surface area contributed by atoms with Crippen LogP contribution in [-0.2, 0) is 19.1 Å². The number of carbonyl (C=O) groups excluding carboxylic acids is 2. The predicted octanol–water partition coefficient (Wildman–Crippen LogP) is 7.12. The lowest BCUT2D eigenvalue weighted by Gasteiger charge is -2.36. The summed E-state index contributed by atoms with van der Waals surface area (Å²) in [4.78, 5) is 23.8. The van der Waals surface area contributed by atoms with Crippen molar-refractivity contribution in [3.05, 3.63) is 69.8 Å². The molecule has 6 rings (SSSR count). The normalized spacial score (nSPS) is 25.3. The maximum atomic E-state index is 14.2. The van der Waals surface area contributed by atoms with E-state index in [1.165, 1.54) is 12.1 Å². The van der Waals surface area contributed by atoms with Crippen molar-refractivity contribution in [1.29, 1.82) is 0 Å². The predicted molar refractivity (Wildman–Crippen MR) is 201 cm³/mol. The Kier molecular flexibility index (Phi) is 15.0. The van der Waals surface area contributed by atoms with Gasteiger partial charge in [-0.05, 0) is 175 Å². The summed E-state index contributed by atoms with van der Waals surface area (Å²) in [5.41, 5.74) is 12.8. The van der Waals surface area contributed by atoms with Crippen LogP contribution < -0.4 is 22.1 Å². The molecule has 12 heteroatoms. The van der Waals surface area contributed by atoms with E-state index in [0.717, 1.165) is 89.4 Å². The van der Waals surface area contributed by atoms with Crippen molar-refractivity contribution in [3.63, 3.8) is 0 Å². The van der Waals surface area contributed by atoms with Crippen LogP contribution in [0.3, 0.4) is 0 Å². The number of hydrogen-bond donors (Lipinski definition) is 4. The number of carbonyl (C=O) groups is 2. The summed E-state index contributed by atoms with van der Waals surface area (Å²) in [6, 6.07) is 4.84. The highest BCUT2D eigenvalue weighted by Crippen LogP contribution is 2.41. The molecule has 4 aliphatic rings. The number of hydrogen-bond acceptors (Lipinski definition) is 6. The van der Waals surface area contributed by atoms with Crippen LogP contribution in [0.25, 0.3) is 0 Å². The number of aryl methyl sites for hydroxylation is 2. The number of nitrogens with two attached hydrogens (primary N) is 2. The Morgan fingerprint density at radius 3 is 1.24 bits per heavy atom. The molecule has 6 N–H and O–H groups in total. The van der Waals surface area contributed by atoms with Gasteiger partial charge in [0.1, 0.15) is 34.3 Å². The summed E-state index contributed by atoms with van der Waals surface area (Å²) in [6.45, 7) is 7.31. The van der Waals surface area contributed by atoms with Crippen LogP contribution in [0.4, 0.5) is 17.6 Å². The Morgan fingerprint density at radius 1 is 0.611 bits per heavy atom.